The van der Waals surface area contributed by atoms with Gasteiger partial charge in [-0.2, -0.15) is 5.10 Å². The summed E-state index contributed by atoms with van der Waals surface area (Å²) in [4.78, 5) is 0. The average Bonchev–Trinajstić information content (AvgIpc) is 2.77. The third-order valence-corrected chi connectivity index (χ3v) is 4.06. The van der Waals surface area contributed by atoms with Gasteiger partial charge in [-0.1, -0.05) is 17.7 Å². The number of thiocarbonyl (C=S) groups is 1. The van der Waals surface area contributed by atoms with Gasteiger partial charge in [0.2, 0.25) is 0 Å². The maximum absolute atomic E-state index is 6.16. The summed E-state index contributed by atoms with van der Waals surface area (Å²) in [6.07, 6.45) is 1.78. The summed E-state index contributed by atoms with van der Waals surface area (Å²) in [5.74, 6) is 0. The molecule has 0 atom stereocenters. The third kappa shape index (κ3) is 4.12. The number of hydrogen-bond donors (Lipinski definition) is 2. The Morgan fingerprint density at radius 1 is 1.30 bits per heavy atom. The lowest BCUT2D eigenvalue weighted by molar-refractivity contribution is 0.903. The van der Waals surface area contributed by atoms with E-state index < -0.39 is 0 Å². The van der Waals surface area contributed by atoms with Crippen molar-refractivity contribution < 1.29 is 0 Å². The lowest BCUT2D eigenvalue weighted by Gasteiger charge is -2.13. The molecule has 0 aliphatic carbocycles. The number of aromatic nitrogens is 1. The smallest absolute Gasteiger partial charge is 0.186 e. The lowest BCUT2D eigenvalue weighted by atomic mass is 10.2. The molecule has 2 N–H and O–H groups in total. The van der Waals surface area contributed by atoms with Crippen molar-refractivity contribution in [3.63, 3.8) is 0 Å². The fraction of sp³-hybridized carbons (Fsp3) is 0.294. The molecule has 0 radical (unpaired) electrons. The van der Waals surface area contributed by atoms with Crippen LogP contribution in [-0.2, 0) is 0 Å². The zero-order valence-electron chi connectivity index (χ0n) is 13.8. The van der Waals surface area contributed by atoms with Gasteiger partial charge in [0, 0.05) is 34.2 Å². The van der Waals surface area contributed by atoms with Gasteiger partial charge in [0.05, 0.1) is 6.21 Å². The van der Waals surface area contributed by atoms with Crippen molar-refractivity contribution in [2.45, 2.75) is 27.7 Å². The minimum atomic E-state index is 0.517. The zero-order valence-corrected chi connectivity index (χ0v) is 15.3. The molecule has 0 fully saturated rings. The van der Waals surface area contributed by atoms with Crippen LogP contribution in [0.25, 0.3) is 5.69 Å². The molecule has 2 rings (SSSR count). The number of hydrogen-bond acceptors (Lipinski definition) is 2. The van der Waals surface area contributed by atoms with Gasteiger partial charge in [-0.3, -0.25) is 5.43 Å². The fourth-order valence-electron chi connectivity index (χ4n) is 2.47. The molecular formula is C17H21ClN4S. The van der Waals surface area contributed by atoms with E-state index in [1.165, 1.54) is 5.56 Å². The Labute approximate surface area is 147 Å². The third-order valence-electron chi connectivity index (χ3n) is 3.59. The summed E-state index contributed by atoms with van der Waals surface area (Å²) in [7, 11) is 0. The second-order valence-corrected chi connectivity index (χ2v) is 6.17. The molecule has 0 amide bonds. The Morgan fingerprint density at radius 2 is 2.04 bits per heavy atom. The van der Waals surface area contributed by atoms with E-state index in [0.29, 0.717) is 5.11 Å². The standard InChI is InChI=1S/C17H21ClN4S/c1-5-19-17(23)21-20-10-14-8-12(3)22(13(14)4)16-9-15(18)7-6-11(16)2/h6-10H,5H2,1-4H3,(H2,19,21,23)/b20-10-. The lowest BCUT2D eigenvalue weighted by Crippen LogP contribution is -2.31. The highest BCUT2D eigenvalue weighted by molar-refractivity contribution is 7.80. The molecule has 0 saturated heterocycles. The topological polar surface area (TPSA) is 41.4 Å². The first-order valence-electron chi connectivity index (χ1n) is 7.46. The highest BCUT2D eigenvalue weighted by Gasteiger charge is 2.11. The Hall–Kier alpha value is -1.85. The number of aryl methyl sites for hydroxylation is 2. The van der Waals surface area contributed by atoms with Crippen LogP contribution >= 0.6 is 23.8 Å². The quantitative estimate of drug-likeness (QED) is 0.500. The second-order valence-electron chi connectivity index (χ2n) is 5.32. The first kappa shape index (κ1) is 17.5. The highest BCUT2D eigenvalue weighted by atomic mass is 35.5. The van der Waals surface area contributed by atoms with Crippen molar-refractivity contribution in [3.8, 4) is 5.69 Å². The van der Waals surface area contributed by atoms with E-state index in [0.717, 1.165) is 34.2 Å². The van der Waals surface area contributed by atoms with E-state index in [2.05, 4.69) is 47.2 Å². The fourth-order valence-corrected chi connectivity index (χ4v) is 2.84. The Balaban J connectivity index is 2.31. The molecule has 0 bridgehead atoms. The van der Waals surface area contributed by atoms with E-state index >= 15 is 0 Å². The molecule has 1 heterocycles. The van der Waals surface area contributed by atoms with Crippen molar-refractivity contribution in [2.75, 3.05) is 6.54 Å². The molecule has 6 heteroatoms. The molecule has 0 unspecified atom stereocenters. The largest absolute Gasteiger partial charge is 0.362 e. The molecule has 0 spiro atoms. The number of nitrogens with zero attached hydrogens (tertiary/aromatic N) is 2. The van der Waals surface area contributed by atoms with Gasteiger partial charge in [0.15, 0.2) is 5.11 Å². The van der Waals surface area contributed by atoms with Gasteiger partial charge in [0.1, 0.15) is 0 Å². The first-order chi connectivity index (χ1) is 10.9. The van der Waals surface area contributed by atoms with Crippen molar-refractivity contribution >= 4 is 35.1 Å². The molecule has 122 valence electrons. The molecule has 0 saturated carbocycles. The van der Waals surface area contributed by atoms with E-state index in [9.17, 15) is 0 Å². The van der Waals surface area contributed by atoms with Crippen LogP contribution in [0.1, 0.15) is 29.4 Å². The van der Waals surface area contributed by atoms with Gasteiger partial charge in [-0.05, 0) is 63.7 Å². The van der Waals surface area contributed by atoms with Crippen LogP contribution in [0.2, 0.25) is 5.02 Å². The predicted octanol–water partition coefficient (Wildman–Crippen LogP) is 3.87. The van der Waals surface area contributed by atoms with Crippen LogP contribution in [0.15, 0.2) is 29.4 Å². The summed E-state index contributed by atoms with van der Waals surface area (Å²) in [6, 6.07) is 8.01. The van der Waals surface area contributed by atoms with Gasteiger partial charge < -0.3 is 9.88 Å². The minimum Gasteiger partial charge on any atom is -0.362 e. The molecule has 0 aliphatic rings. The van der Waals surface area contributed by atoms with Crippen molar-refractivity contribution in [3.05, 3.63) is 51.8 Å². The maximum Gasteiger partial charge on any atom is 0.186 e. The molecule has 2 aromatic rings. The van der Waals surface area contributed by atoms with Crippen LogP contribution in [-0.4, -0.2) is 22.4 Å². The summed E-state index contributed by atoms with van der Waals surface area (Å²) in [5, 5.41) is 8.42. The molecular weight excluding hydrogens is 328 g/mol. The second kappa shape index (κ2) is 7.62. The van der Waals surface area contributed by atoms with Gasteiger partial charge in [-0.15, -0.1) is 0 Å². The number of rotatable bonds is 4. The molecule has 1 aromatic carbocycles. The van der Waals surface area contributed by atoms with Crippen molar-refractivity contribution in [1.82, 2.24) is 15.3 Å². The summed E-state index contributed by atoms with van der Waals surface area (Å²) in [5.41, 5.74) is 8.33. The van der Waals surface area contributed by atoms with Crippen LogP contribution in [0, 0.1) is 20.8 Å². The van der Waals surface area contributed by atoms with E-state index in [4.69, 9.17) is 23.8 Å². The normalized spacial score (nSPS) is 11.0. The van der Waals surface area contributed by atoms with Gasteiger partial charge in [-0.25, -0.2) is 0 Å². The number of benzene rings is 1. The number of nitrogens with one attached hydrogen (secondary N) is 2. The predicted molar refractivity (Wildman–Crippen MR) is 102 cm³/mol. The molecule has 4 nitrogen and oxygen atoms in total. The van der Waals surface area contributed by atoms with Crippen LogP contribution < -0.4 is 10.7 Å². The minimum absolute atomic E-state index is 0.517. The van der Waals surface area contributed by atoms with E-state index in [1.54, 1.807) is 6.21 Å². The summed E-state index contributed by atoms with van der Waals surface area (Å²) >= 11 is 11.2. The first-order valence-corrected chi connectivity index (χ1v) is 8.25. The summed E-state index contributed by atoms with van der Waals surface area (Å²) < 4.78 is 2.19. The molecule has 1 aromatic heterocycles. The molecule has 0 aliphatic heterocycles. The van der Waals surface area contributed by atoms with Crippen LogP contribution in [0.3, 0.4) is 0 Å². The van der Waals surface area contributed by atoms with Crippen molar-refractivity contribution in [2.24, 2.45) is 5.10 Å². The number of halogens is 1. The molecule has 23 heavy (non-hydrogen) atoms. The van der Waals surface area contributed by atoms with E-state index in [1.807, 2.05) is 25.1 Å². The SMILES string of the molecule is CCNC(=S)N/N=C\c1cc(C)n(-c2cc(Cl)ccc2C)c1C. The van der Waals surface area contributed by atoms with Crippen LogP contribution in [0.5, 0.6) is 0 Å². The average molecular weight is 349 g/mol. The Bertz CT molecular complexity index is 749. The Kier molecular flexibility index (Phi) is 5.80. The van der Waals surface area contributed by atoms with Gasteiger partial charge >= 0.3 is 0 Å². The number of hydrazone groups is 1. The summed E-state index contributed by atoms with van der Waals surface area (Å²) in [6.45, 7) is 8.97. The van der Waals surface area contributed by atoms with Crippen molar-refractivity contribution in [1.29, 1.82) is 0 Å². The van der Waals surface area contributed by atoms with Crippen LogP contribution in [0.4, 0.5) is 0 Å². The maximum atomic E-state index is 6.16. The zero-order chi connectivity index (χ0) is 17.0. The Morgan fingerprint density at radius 3 is 2.74 bits per heavy atom. The highest BCUT2D eigenvalue weighted by Crippen LogP contribution is 2.25. The van der Waals surface area contributed by atoms with E-state index in [-0.39, 0.29) is 0 Å². The van der Waals surface area contributed by atoms with Gasteiger partial charge in [0.25, 0.3) is 0 Å². The monoisotopic (exact) mass is 348 g/mol.